The summed E-state index contributed by atoms with van der Waals surface area (Å²) < 4.78 is 11.6. The SMILES string of the molecule is CC1(C)c2cc3c(cc2-c2c(-c4cccc(-c5nc(-c6ccc(-c7ccccc7)cc6)nc(-n6c7ccccc7c7c(-c8cccc(-c9nc(-c%10ccccc%10)nc(-n%10c%11ccccc%11c%11ccc%12c%13ccccc%13n(-c%13ccccc%13)c%12c%11%10)n9)c8)cc8c9ccccc9n(-c9ccccc9)c8c76)n5)c4)cccc21)c1ccccc1n3-c1nc(-c2ccccc2)nc(-c2ccccc2)n1. The topological polar surface area (TPSA) is 141 Å². The Morgan fingerprint density at radius 2 is 0.500 bits per heavy atom. The van der Waals surface area contributed by atoms with E-state index in [9.17, 15) is 0 Å². The van der Waals surface area contributed by atoms with E-state index in [0.29, 0.717) is 52.8 Å². The smallest absolute Gasteiger partial charge is 0.238 e. The first-order valence-corrected chi connectivity index (χ1v) is 45.3. The fourth-order valence-corrected chi connectivity index (χ4v) is 21.2. The molecule has 0 atom stereocenters. The molecule has 0 spiro atoms. The Morgan fingerprint density at radius 1 is 0.179 bits per heavy atom. The molecule has 0 unspecified atom stereocenters. The van der Waals surface area contributed by atoms with Gasteiger partial charge in [0, 0.05) is 104 Å². The van der Waals surface area contributed by atoms with E-state index in [1.165, 1.54) is 22.3 Å². The van der Waals surface area contributed by atoms with Gasteiger partial charge in [0.1, 0.15) is 0 Å². The molecule has 0 radical (unpaired) electrons. The Hall–Kier alpha value is -18.0. The van der Waals surface area contributed by atoms with Crippen molar-refractivity contribution in [2.45, 2.75) is 19.3 Å². The van der Waals surface area contributed by atoms with Crippen LogP contribution in [0.5, 0.6) is 0 Å². The standard InChI is InChI=1S/C120H76N14/c1-120(2)97-56-33-55-85(105(97)96-71-94-88-52-23-28-59-101(88)132(104(94)72-98(96)120)117-124-111(75-36-11-4-12-37-75)121-112(125-117)76-38-13-5-14-39-76)79-42-31-44-81(68-79)115-123-114(78-64-62-74(63-65-78)73-34-9-3-10-35-73)127-119(129-115)134-103-61-30-25-54-92(103)106-93(70-95-89-53-24-27-58-100(89)131(109(95)110(106)134)84-48-19-8-20-49-84)80-43-32-45-82(69-80)116-122-113(77-40-15-6-16-41-77)126-118(128-116)133-102-60-29-22-51-87(102)91-67-66-90-86-50-21-26-57-99(86)130(107(90)108(91)133)83-46-17-7-18-47-83/h3-72H,1-2H3. The summed E-state index contributed by atoms with van der Waals surface area (Å²) in [6.07, 6.45) is 0. The number of aromatic nitrogens is 14. The monoisotopic (exact) mass is 1710 g/mol. The Kier molecular flexibility index (Phi) is 17.1. The van der Waals surface area contributed by atoms with Gasteiger partial charge < -0.3 is 9.13 Å². The lowest BCUT2D eigenvalue weighted by atomic mass is 9.81. The molecule has 0 saturated carbocycles. The molecular weight excluding hydrogens is 1640 g/mol. The van der Waals surface area contributed by atoms with Crippen molar-refractivity contribution >= 4 is 109 Å². The van der Waals surface area contributed by atoms with Gasteiger partial charge in [-0.3, -0.25) is 13.7 Å². The van der Waals surface area contributed by atoms with Crippen LogP contribution in [-0.2, 0) is 5.41 Å². The molecule has 0 amide bonds. The van der Waals surface area contributed by atoms with Crippen molar-refractivity contribution in [3.05, 3.63) is 436 Å². The number of hydrogen-bond donors (Lipinski definition) is 0. The lowest BCUT2D eigenvalue weighted by molar-refractivity contribution is 0.661. The van der Waals surface area contributed by atoms with Gasteiger partial charge in [-0.25, -0.2) is 15.0 Å². The molecule has 18 aromatic carbocycles. The third-order valence-corrected chi connectivity index (χ3v) is 27.2. The first kappa shape index (κ1) is 76.1. The number of hydrogen-bond acceptors (Lipinski definition) is 9. The van der Waals surface area contributed by atoms with Crippen molar-refractivity contribution in [3.8, 4) is 142 Å². The summed E-state index contributed by atoms with van der Waals surface area (Å²) in [7, 11) is 0. The van der Waals surface area contributed by atoms with Crippen molar-refractivity contribution in [1.29, 1.82) is 0 Å². The van der Waals surface area contributed by atoms with Crippen LogP contribution >= 0.6 is 0 Å². The minimum absolute atomic E-state index is 0.434. The zero-order valence-electron chi connectivity index (χ0n) is 72.7. The van der Waals surface area contributed by atoms with E-state index in [-0.39, 0.29) is 0 Å². The highest BCUT2D eigenvalue weighted by Crippen LogP contribution is 2.56. The lowest BCUT2D eigenvalue weighted by Crippen LogP contribution is -2.15. The molecule has 14 nitrogen and oxygen atoms in total. The molecule has 0 aliphatic heterocycles. The molecule has 1 aliphatic rings. The molecule has 626 valence electrons. The van der Waals surface area contributed by atoms with Crippen molar-refractivity contribution in [1.82, 2.24) is 67.7 Å². The van der Waals surface area contributed by atoms with Gasteiger partial charge in [0.2, 0.25) is 17.8 Å². The summed E-state index contributed by atoms with van der Waals surface area (Å²) in [6.45, 7) is 4.71. The molecular formula is C120H76N14. The average Bonchev–Trinajstić information content (AvgIpc) is 1.55. The number of para-hydroxylation sites is 7. The molecule has 8 heterocycles. The molecule has 0 fully saturated rings. The molecule has 0 saturated heterocycles. The highest BCUT2D eigenvalue weighted by Gasteiger charge is 2.39. The normalized spacial score (nSPS) is 12.5. The van der Waals surface area contributed by atoms with E-state index >= 15 is 0 Å². The van der Waals surface area contributed by atoms with E-state index in [2.05, 4.69) is 407 Å². The van der Waals surface area contributed by atoms with E-state index in [4.69, 9.17) is 44.9 Å². The van der Waals surface area contributed by atoms with E-state index in [0.717, 1.165) is 187 Å². The van der Waals surface area contributed by atoms with Crippen LogP contribution in [-0.4, -0.2) is 67.7 Å². The first-order chi connectivity index (χ1) is 66.2. The van der Waals surface area contributed by atoms with Crippen LogP contribution in [0.4, 0.5) is 0 Å². The minimum atomic E-state index is -0.434. The number of rotatable bonds is 14. The highest BCUT2D eigenvalue weighted by molar-refractivity contribution is 6.29. The predicted octanol–water partition coefficient (Wildman–Crippen LogP) is 29.0. The highest BCUT2D eigenvalue weighted by atomic mass is 15.2. The van der Waals surface area contributed by atoms with E-state index < -0.39 is 5.41 Å². The Morgan fingerprint density at radius 3 is 0.993 bits per heavy atom. The van der Waals surface area contributed by atoms with Gasteiger partial charge in [-0.15, -0.1) is 0 Å². The van der Waals surface area contributed by atoms with Gasteiger partial charge in [-0.05, 0) is 141 Å². The summed E-state index contributed by atoms with van der Waals surface area (Å²) in [6, 6.07) is 151. The maximum Gasteiger partial charge on any atom is 0.238 e. The second-order valence-electron chi connectivity index (χ2n) is 35.2. The van der Waals surface area contributed by atoms with Crippen LogP contribution in [0.25, 0.3) is 251 Å². The van der Waals surface area contributed by atoms with Gasteiger partial charge in [-0.1, -0.05) is 354 Å². The van der Waals surface area contributed by atoms with Crippen molar-refractivity contribution in [2.75, 3.05) is 0 Å². The average molecular weight is 1710 g/mol. The van der Waals surface area contributed by atoms with Gasteiger partial charge in [0.05, 0.1) is 55.2 Å². The van der Waals surface area contributed by atoms with Crippen LogP contribution in [0.1, 0.15) is 25.0 Å². The third kappa shape index (κ3) is 11.9. The molecule has 0 N–H and O–H groups in total. The summed E-state index contributed by atoms with van der Waals surface area (Å²) in [4.78, 5) is 50.0. The van der Waals surface area contributed by atoms with Crippen LogP contribution in [0.2, 0.25) is 0 Å². The van der Waals surface area contributed by atoms with Crippen LogP contribution in [0, 0.1) is 0 Å². The van der Waals surface area contributed by atoms with Gasteiger partial charge in [0.15, 0.2) is 34.9 Å². The molecule has 27 rings (SSSR count). The molecule has 8 aromatic heterocycles. The third-order valence-electron chi connectivity index (χ3n) is 27.2. The summed E-state index contributed by atoms with van der Waals surface area (Å²) in [5, 5.41) is 10.8. The largest absolute Gasteiger partial charge is 0.307 e. The van der Waals surface area contributed by atoms with Crippen molar-refractivity contribution in [3.63, 3.8) is 0 Å². The quantitative estimate of drug-likeness (QED) is 0.104. The van der Waals surface area contributed by atoms with Gasteiger partial charge >= 0.3 is 0 Å². The number of nitrogens with zero attached hydrogens (tertiary/aromatic N) is 14. The Labute approximate surface area is 768 Å². The Bertz CT molecular complexity index is 9260. The summed E-state index contributed by atoms with van der Waals surface area (Å²) in [5.74, 6) is 4.78. The maximum atomic E-state index is 5.90. The lowest BCUT2D eigenvalue weighted by Gasteiger charge is -2.22. The fourth-order valence-electron chi connectivity index (χ4n) is 21.2. The van der Waals surface area contributed by atoms with Crippen molar-refractivity contribution < 1.29 is 0 Å². The molecule has 0 bridgehead atoms. The van der Waals surface area contributed by atoms with Gasteiger partial charge in [0.25, 0.3) is 0 Å². The number of fused-ring (bicyclic) bond motifs is 20. The van der Waals surface area contributed by atoms with Crippen LogP contribution in [0.15, 0.2) is 425 Å². The Balaban J connectivity index is 0.664. The fraction of sp³-hybridized carbons (Fsp3) is 0.0250. The second kappa shape index (κ2) is 30.0. The molecule has 1 aliphatic carbocycles. The molecule has 134 heavy (non-hydrogen) atoms. The summed E-state index contributed by atoms with van der Waals surface area (Å²) >= 11 is 0. The zero-order chi connectivity index (χ0) is 88.4. The molecule has 14 heteroatoms. The molecule has 26 aromatic rings. The number of benzene rings is 18. The van der Waals surface area contributed by atoms with Crippen LogP contribution in [0.3, 0.4) is 0 Å². The second-order valence-corrected chi connectivity index (χ2v) is 35.2. The predicted molar refractivity (Wildman–Crippen MR) is 545 cm³/mol. The zero-order valence-corrected chi connectivity index (χ0v) is 72.7. The minimum Gasteiger partial charge on any atom is -0.307 e. The van der Waals surface area contributed by atoms with E-state index in [1.54, 1.807) is 0 Å². The summed E-state index contributed by atoms with van der Waals surface area (Å²) in [5.41, 5.74) is 27.8. The first-order valence-electron chi connectivity index (χ1n) is 45.3. The van der Waals surface area contributed by atoms with E-state index in [1.807, 2.05) is 54.6 Å². The van der Waals surface area contributed by atoms with Crippen molar-refractivity contribution in [2.24, 2.45) is 0 Å². The van der Waals surface area contributed by atoms with Crippen LogP contribution < -0.4 is 0 Å². The van der Waals surface area contributed by atoms with Gasteiger partial charge in [-0.2, -0.15) is 29.9 Å². The maximum absolute atomic E-state index is 5.90.